The monoisotopic (exact) mass is 268 g/mol. The van der Waals surface area contributed by atoms with Crippen LogP contribution in [0, 0.1) is 5.92 Å². The summed E-state index contributed by atoms with van der Waals surface area (Å²) < 4.78 is 0. The van der Waals surface area contributed by atoms with Gasteiger partial charge in [-0.2, -0.15) is 0 Å². The van der Waals surface area contributed by atoms with Gasteiger partial charge in [-0.15, -0.1) is 0 Å². The third-order valence-electron chi connectivity index (χ3n) is 4.41. The zero-order chi connectivity index (χ0) is 14.1. The number of rotatable bonds is 7. The van der Waals surface area contributed by atoms with Gasteiger partial charge in [-0.25, -0.2) is 0 Å². The van der Waals surface area contributed by atoms with Crippen LogP contribution in [0.25, 0.3) is 0 Å². The standard InChI is InChI=1S/C16H32N2O/c1-3-7-15(11-12-17)9-10-16(19)18-13-6-4-5-8-14(18)2/h14-15H,3-13,17H2,1-2H3. The van der Waals surface area contributed by atoms with Gasteiger partial charge in [-0.3, -0.25) is 4.79 Å². The molecule has 1 rings (SSSR count). The first-order valence-corrected chi connectivity index (χ1v) is 8.18. The minimum atomic E-state index is 0.368. The van der Waals surface area contributed by atoms with Crippen molar-refractivity contribution in [2.75, 3.05) is 13.1 Å². The Kier molecular flexibility index (Phi) is 8.11. The van der Waals surface area contributed by atoms with Gasteiger partial charge >= 0.3 is 0 Å². The first-order valence-electron chi connectivity index (χ1n) is 8.18. The molecule has 1 aliphatic heterocycles. The smallest absolute Gasteiger partial charge is 0.222 e. The summed E-state index contributed by atoms with van der Waals surface area (Å²) in [6, 6.07) is 0.439. The van der Waals surface area contributed by atoms with Crippen LogP contribution in [0.3, 0.4) is 0 Å². The number of nitrogens with two attached hydrogens (primary N) is 1. The molecule has 1 heterocycles. The van der Waals surface area contributed by atoms with Crippen molar-refractivity contribution in [3.63, 3.8) is 0 Å². The lowest BCUT2D eigenvalue weighted by Gasteiger charge is -2.28. The third kappa shape index (κ3) is 5.94. The van der Waals surface area contributed by atoms with Gasteiger partial charge in [0.15, 0.2) is 0 Å². The fourth-order valence-corrected chi connectivity index (χ4v) is 3.19. The van der Waals surface area contributed by atoms with Crippen LogP contribution in [0.2, 0.25) is 0 Å². The number of amides is 1. The molecule has 3 nitrogen and oxygen atoms in total. The number of hydrogen-bond donors (Lipinski definition) is 1. The molecular weight excluding hydrogens is 236 g/mol. The maximum atomic E-state index is 12.4. The maximum absolute atomic E-state index is 12.4. The van der Waals surface area contributed by atoms with Gasteiger partial charge in [0.05, 0.1) is 0 Å². The molecular formula is C16H32N2O. The fraction of sp³-hybridized carbons (Fsp3) is 0.938. The van der Waals surface area contributed by atoms with Gasteiger partial charge in [0.2, 0.25) is 5.91 Å². The van der Waals surface area contributed by atoms with Crippen LogP contribution in [0.15, 0.2) is 0 Å². The lowest BCUT2D eigenvalue weighted by atomic mass is 9.94. The number of carbonyl (C=O) groups is 1. The number of hydrogen-bond acceptors (Lipinski definition) is 2. The van der Waals surface area contributed by atoms with E-state index in [9.17, 15) is 4.79 Å². The predicted octanol–water partition coefficient (Wildman–Crippen LogP) is 3.32. The normalized spacial score (nSPS) is 22.1. The van der Waals surface area contributed by atoms with Gasteiger partial charge in [-0.05, 0) is 45.1 Å². The molecule has 0 aromatic carbocycles. The molecule has 2 atom stereocenters. The Labute approximate surface area is 118 Å². The molecule has 0 spiro atoms. The quantitative estimate of drug-likeness (QED) is 0.770. The maximum Gasteiger partial charge on any atom is 0.222 e. The van der Waals surface area contributed by atoms with Gasteiger partial charge < -0.3 is 10.6 Å². The summed E-state index contributed by atoms with van der Waals surface area (Å²) in [6.07, 6.45) is 10.1. The SMILES string of the molecule is CCCC(CCN)CCC(=O)N1CCCCCC1C. The lowest BCUT2D eigenvalue weighted by Crippen LogP contribution is -2.38. The number of likely N-dealkylation sites (tertiary alicyclic amines) is 1. The molecule has 2 unspecified atom stereocenters. The second-order valence-electron chi connectivity index (χ2n) is 6.06. The average molecular weight is 268 g/mol. The predicted molar refractivity (Wildman–Crippen MR) is 80.9 cm³/mol. The highest BCUT2D eigenvalue weighted by Crippen LogP contribution is 2.21. The highest BCUT2D eigenvalue weighted by Gasteiger charge is 2.22. The van der Waals surface area contributed by atoms with Gasteiger partial charge in [-0.1, -0.05) is 32.6 Å². The largest absolute Gasteiger partial charge is 0.340 e. The summed E-state index contributed by atoms with van der Waals surface area (Å²) in [5.74, 6) is 1.01. The van der Waals surface area contributed by atoms with Crippen molar-refractivity contribution in [3.8, 4) is 0 Å². The molecule has 3 heteroatoms. The molecule has 0 aliphatic carbocycles. The summed E-state index contributed by atoms with van der Waals surface area (Å²) in [5.41, 5.74) is 5.66. The summed E-state index contributed by atoms with van der Waals surface area (Å²) in [6.45, 7) is 6.13. The van der Waals surface area contributed by atoms with Crippen LogP contribution in [0.4, 0.5) is 0 Å². The molecule has 0 aromatic heterocycles. The molecule has 1 fully saturated rings. The summed E-state index contributed by atoms with van der Waals surface area (Å²) in [4.78, 5) is 14.5. The zero-order valence-electron chi connectivity index (χ0n) is 12.9. The van der Waals surface area contributed by atoms with Crippen molar-refractivity contribution in [2.24, 2.45) is 11.7 Å². The molecule has 1 amide bonds. The highest BCUT2D eigenvalue weighted by atomic mass is 16.2. The molecule has 0 bridgehead atoms. The van der Waals surface area contributed by atoms with Crippen LogP contribution < -0.4 is 5.73 Å². The van der Waals surface area contributed by atoms with Crippen LogP contribution in [-0.4, -0.2) is 29.9 Å². The molecule has 0 aromatic rings. The van der Waals surface area contributed by atoms with Crippen LogP contribution in [0.5, 0.6) is 0 Å². The Bertz CT molecular complexity index is 249. The summed E-state index contributed by atoms with van der Waals surface area (Å²) >= 11 is 0. The molecule has 0 saturated carbocycles. The van der Waals surface area contributed by atoms with Crippen molar-refractivity contribution in [1.29, 1.82) is 0 Å². The molecule has 2 N–H and O–H groups in total. The zero-order valence-corrected chi connectivity index (χ0v) is 12.9. The minimum Gasteiger partial charge on any atom is -0.340 e. The van der Waals surface area contributed by atoms with Gasteiger partial charge in [0.1, 0.15) is 0 Å². The van der Waals surface area contributed by atoms with Crippen molar-refractivity contribution in [1.82, 2.24) is 4.90 Å². The van der Waals surface area contributed by atoms with Crippen LogP contribution >= 0.6 is 0 Å². The van der Waals surface area contributed by atoms with E-state index < -0.39 is 0 Å². The Morgan fingerprint density at radius 1 is 1.26 bits per heavy atom. The fourth-order valence-electron chi connectivity index (χ4n) is 3.19. The van der Waals surface area contributed by atoms with Crippen molar-refractivity contribution in [3.05, 3.63) is 0 Å². The summed E-state index contributed by atoms with van der Waals surface area (Å²) in [5, 5.41) is 0. The Morgan fingerprint density at radius 2 is 2.05 bits per heavy atom. The van der Waals surface area contributed by atoms with E-state index in [1.165, 1.54) is 38.5 Å². The minimum absolute atomic E-state index is 0.368. The van der Waals surface area contributed by atoms with E-state index in [4.69, 9.17) is 5.73 Å². The lowest BCUT2D eigenvalue weighted by molar-refractivity contribution is -0.133. The van der Waals surface area contributed by atoms with E-state index in [0.29, 0.717) is 17.9 Å². The van der Waals surface area contributed by atoms with E-state index in [1.54, 1.807) is 0 Å². The van der Waals surface area contributed by atoms with E-state index in [0.717, 1.165) is 32.4 Å². The van der Waals surface area contributed by atoms with Crippen molar-refractivity contribution < 1.29 is 4.79 Å². The first-order chi connectivity index (χ1) is 9.19. The third-order valence-corrected chi connectivity index (χ3v) is 4.41. The number of nitrogens with zero attached hydrogens (tertiary/aromatic N) is 1. The Balaban J connectivity index is 2.39. The van der Waals surface area contributed by atoms with E-state index in [-0.39, 0.29) is 0 Å². The van der Waals surface area contributed by atoms with Crippen LogP contribution in [-0.2, 0) is 4.79 Å². The van der Waals surface area contributed by atoms with Gasteiger partial charge in [0.25, 0.3) is 0 Å². The Morgan fingerprint density at radius 3 is 2.74 bits per heavy atom. The van der Waals surface area contributed by atoms with Crippen LogP contribution in [0.1, 0.15) is 71.6 Å². The topological polar surface area (TPSA) is 46.3 Å². The van der Waals surface area contributed by atoms with E-state index >= 15 is 0 Å². The Hall–Kier alpha value is -0.570. The molecule has 0 radical (unpaired) electrons. The average Bonchev–Trinajstić information content (AvgIpc) is 2.61. The summed E-state index contributed by atoms with van der Waals surface area (Å²) in [7, 11) is 0. The second-order valence-corrected chi connectivity index (χ2v) is 6.06. The van der Waals surface area contributed by atoms with Gasteiger partial charge in [0, 0.05) is 19.0 Å². The van der Waals surface area contributed by atoms with Crippen molar-refractivity contribution in [2.45, 2.75) is 77.7 Å². The highest BCUT2D eigenvalue weighted by molar-refractivity contribution is 5.76. The first kappa shape index (κ1) is 16.5. The molecule has 1 aliphatic rings. The molecule has 19 heavy (non-hydrogen) atoms. The van der Waals surface area contributed by atoms with E-state index in [1.807, 2.05) is 0 Å². The number of carbonyl (C=O) groups excluding carboxylic acids is 1. The molecule has 112 valence electrons. The van der Waals surface area contributed by atoms with Crippen molar-refractivity contribution >= 4 is 5.91 Å². The van der Waals surface area contributed by atoms with E-state index in [2.05, 4.69) is 18.7 Å². The second kappa shape index (κ2) is 9.35. The molecule has 1 saturated heterocycles.